The van der Waals surface area contributed by atoms with Crippen LogP contribution in [-0.2, 0) is 11.2 Å². The smallest absolute Gasteiger partial charge is 0.228 e. The molecule has 3 heterocycles. The van der Waals surface area contributed by atoms with E-state index < -0.39 is 0 Å². The molecule has 20 heavy (non-hydrogen) atoms. The van der Waals surface area contributed by atoms with Crippen LogP contribution in [0.15, 0.2) is 30.6 Å². The Morgan fingerprint density at radius 2 is 2.30 bits per heavy atom. The molecule has 0 bridgehead atoms. The van der Waals surface area contributed by atoms with Gasteiger partial charge in [-0.1, -0.05) is 6.07 Å². The van der Waals surface area contributed by atoms with Gasteiger partial charge >= 0.3 is 0 Å². The first-order chi connectivity index (χ1) is 9.78. The number of hydrogen-bond acceptors (Lipinski definition) is 3. The summed E-state index contributed by atoms with van der Waals surface area (Å²) in [5.41, 5.74) is 7.47. The number of hydrogen-bond donors (Lipinski definition) is 1. The van der Waals surface area contributed by atoms with Gasteiger partial charge in [-0.15, -0.1) is 0 Å². The zero-order valence-electron chi connectivity index (χ0n) is 11.5. The zero-order valence-corrected chi connectivity index (χ0v) is 11.5. The van der Waals surface area contributed by atoms with E-state index in [9.17, 15) is 4.79 Å². The topological polar surface area (TPSA) is 63.6 Å². The van der Waals surface area contributed by atoms with Crippen molar-refractivity contribution in [1.82, 2.24) is 14.3 Å². The van der Waals surface area contributed by atoms with Gasteiger partial charge in [0.2, 0.25) is 5.91 Å². The molecule has 0 aliphatic carbocycles. The maximum absolute atomic E-state index is 12.4. The van der Waals surface area contributed by atoms with E-state index in [0.29, 0.717) is 13.0 Å². The summed E-state index contributed by atoms with van der Waals surface area (Å²) >= 11 is 0. The molecule has 0 saturated carbocycles. The quantitative estimate of drug-likeness (QED) is 0.913. The molecule has 0 aromatic carbocycles. The largest absolute Gasteiger partial charge is 0.338 e. The van der Waals surface area contributed by atoms with Gasteiger partial charge in [-0.05, 0) is 31.4 Å². The van der Waals surface area contributed by atoms with Crippen LogP contribution in [0.2, 0.25) is 0 Å². The number of nitrogens with two attached hydrogens (primary N) is 1. The first-order valence-electron chi connectivity index (χ1n) is 7.20. The van der Waals surface area contributed by atoms with Crippen molar-refractivity contribution in [3.8, 4) is 0 Å². The molecule has 2 aromatic heterocycles. The molecule has 106 valence electrons. The van der Waals surface area contributed by atoms with Gasteiger partial charge in [-0.3, -0.25) is 4.79 Å². The number of aromatic nitrogens is 2. The first-order valence-corrected chi connectivity index (χ1v) is 7.20. The molecular weight excluding hydrogens is 252 g/mol. The summed E-state index contributed by atoms with van der Waals surface area (Å²) in [4.78, 5) is 18.9. The first kappa shape index (κ1) is 13.1. The van der Waals surface area contributed by atoms with Gasteiger partial charge in [0.15, 0.2) is 0 Å². The molecule has 1 amide bonds. The van der Waals surface area contributed by atoms with Crippen molar-refractivity contribution in [2.75, 3.05) is 13.1 Å². The third-order valence-corrected chi connectivity index (χ3v) is 3.97. The van der Waals surface area contributed by atoms with Crippen LogP contribution in [0.5, 0.6) is 0 Å². The second-order valence-electron chi connectivity index (χ2n) is 5.35. The van der Waals surface area contributed by atoms with Gasteiger partial charge in [-0.25, -0.2) is 4.98 Å². The van der Waals surface area contributed by atoms with Gasteiger partial charge in [-0.2, -0.15) is 0 Å². The normalized spacial score (nSPS) is 19.4. The van der Waals surface area contributed by atoms with Crippen LogP contribution in [0.4, 0.5) is 0 Å². The molecule has 0 radical (unpaired) electrons. The van der Waals surface area contributed by atoms with Gasteiger partial charge in [0.1, 0.15) is 5.65 Å². The number of pyridine rings is 1. The Hall–Kier alpha value is -1.88. The lowest BCUT2D eigenvalue weighted by Crippen LogP contribution is -2.48. The lowest BCUT2D eigenvalue weighted by molar-refractivity contribution is -0.133. The van der Waals surface area contributed by atoms with Crippen molar-refractivity contribution in [2.24, 2.45) is 5.73 Å². The van der Waals surface area contributed by atoms with Crippen molar-refractivity contribution in [3.05, 3.63) is 36.3 Å². The number of likely N-dealkylation sites (tertiary alicyclic amines) is 1. The second kappa shape index (κ2) is 5.63. The monoisotopic (exact) mass is 272 g/mol. The minimum absolute atomic E-state index is 0.142. The molecule has 1 saturated heterocycles. The summed E-state index contributed by atoms with van der Waals surface area (Å²) in [5, 5.41) is 0. The SMILES string of the molecule is NCC1CCCCN1C(=O)Cc1cn2ccccc2n1. The van der Waals surface area contributed by atoms with Crippen molar-refractivity contribution in [3.63, 3.8) is 0 Å². The highest BCUT2D eigenvalue weighted by molar-refractivity contribution is 5.79. The van der Waals surface area contributed by atoms with Gasteiger partial charge in [0, 0.05) is 31.5 Å². The number of amides is 1. The molecule has 1 unspecified atom stereocenters. The predicted octanol–water partition coefficient (Wildman–Crippen LogP) is 1.22. The minimum atomic E-state index is 0.142. The third kappa shape index (κ3) is 2.54. The minimum Gasteiger partial charge on any atom is -0.338 e. The van der Waals surface area contributed by atoms with E-state index in [4.69, 9.17) is 5.73 Å². The summed E-state index contributed by atoms with van der Waals surface area (Å²) in [5.74, 6) is 0.142. The summed E-state index contributed by atoms with van der Waals surface area (Å²) in [6, 6.07) is 6.05. The lowest BCUT2D eigenvalue weighted by Gasteiger charge is -2.35. The van der Waals surface area contributed by atoms with Crippen LogP contribution in [0.25, 0.3) is 5.65 Å². The Bertz CT molecular complexity index is 574. The molecule has 1 aliphatic heterocycles. The van der Waals surface area contributed by atoms with Crippen LogP contribution in [0.1, 0.15) is 25.0 Å². The maximum atomic E-state index is 12.4. The number of piperidine rings is 1. The molecule has 2 aromatic rings. The molecule has 5 nitrogen and oxygen atoms in total. The molecular formula is C15H20N4O. The molecule has 1 fully saturated rings. The number of imidazole rings is 1. The highest BCUT2D eigenvalue weighted by atomic mass is 16.2. The zero-order chi connectivity index (χ0) is 13.9. The van der Waals surface area contributed by atoms with Crippen molar-refractivity contribution >= 4 is 11.6 Å². The molecule has 0 spiro atoms. The van der Waals surface area contributed by atoms with Crippen LogP contribution in [0, 0.1) is 0 Å². The van der Waals surface area contributed by atoms with E-state index in [-0.39, 0.29) is 11.9 Å². The number of nitrogens with zero attached hydrogens (tertiary/aromatic N) is 3. The van der Waals surface area contributed by atoms with E-state index in [1.807, 2.05) is 39.9 Å². The Morgan fingerprint density at radius 3 is 3.10 bits per heavy atom. The number of carbonyl (C=O) groups excluding carboxylic acids is 1. The Kier molecular flexibility index (Phi) is 3.69. The van der Waals surface area contributed by atoms with E-state index in [2.05, 4.69) is 4.98 Å². The third-order valence-electron chi connectivity index (χ3n) is 3.97. The second-order valence-corrected chi connectivity index (χ2v) is 5.35. The molecule has 1 aliphatic rings. The standard InChI is InChI=1S/C15H20N4O/c16-10-13-5-1-4-8-19(13)15(20)9-12-11-18-7-3-2-6-14(18)17-12/h2-3,6-7,11,13H,1,4-5,8-10,16H2. The van der Waals surface area contributed by atoms with Crippen molar-refractivity contribution < 1.29 is 4.79 Å². The van der Waals surface area contributed by atoms with Gasteiger partial charge < -0.3 is 15.0 Å². The number of fused-ring (bicyclic) bond motifs is 1. The molecule has 1 atom stereocenters. The van der Waals surface area contributed by atoms with Crippen LogP contribution in [0.3, 0.4) is 0 Å². The predicted molar refractivity (Wildman–Crippen MR) is 77.3 cm³/mol. The van der Waals surface area contributed by atoms with Crippen LogP contribution in [-0.4, -0.2) is 39.3 Å². The fraction of sp³-hybridized carbons (Fsp3) is 0.467. The van der Waals surface area contributed by atoms with Crippen molar-refractivity contribution in [2.45, 2.75) is 31.7 Å². The summed E-state index contributed by atoms with van der Waals surface area (Å²) in [6.07, 6.45) is 7.49. The Balaban J connectivity index is 1.74. The fourth-order valence-corrected chi connectivity index (χ4v) is 2.90. The average molecular weight is 272 g/mol. The molecule has 5 heteroatoms. The van der Waals surface area contributed by atoms with Crippen LogP contribution < -0.4 is 5.73 Å². The maximum Gasteiger partial charge on any atom is 0.228 e. The van der Waals surface area contributed by atoms with Crippen LogP contribution >= 0.6 is 0 Å². The summed E-state index contributed by atoms with van der Waals surface area (Å²) < 4.78 is 1.94. The summed E-state index contributed by atoms with van der Waals surface area (Å²) in [6.45, 7) is 1.38. The Morgan fingerprint density at radius 1 is 1.40 bits per heavy atom. The molecule has 3 rings (SSSR count). The van der Waals surface area contributed by atoms with Crippen molar-refractivity contribution in [1.29, 1.82) is 0 Å². The van der Waals surface area contributed by atoms with E-state index in [1.165, 1.54) is 6.42 Å². The fourth-order valence-electron chi connectivity index (χ4n) is 2.90. The number of carbonyl (C=O) groups is 1. The van der Waals surface area contributed by atoms with E-state index in [1.54, 1.807) is 0 Å². The van der Waals surface area contributed by atoms with E-state index in [0.717, 1.165) is 30.7 Å². The number of rotatable bonds is 3. The Labute approximate surface area is 118 Å². The lowest BCUT2D eigenvalue weighted by atomic mass is 10.0. The summed E-state index contributed by atoms with van der Waals surface area (Å²) in [7, 11) is 0. The van der Waals surface area contributed by atoms with E-state index >= 15 is 0 Å². The highest BCUT2D eigenvalue weighted by Crippen LogP contribution is 2.17. The van der Waals surface area contributed by atoms with Gasteiger partial charge in [0.25, 0.3) is 0 Å². The average Bonchev–Trinajstić information content (AvgIpc) is 2.89. The highest BCUT2D eigenvalue weighted by Gasteiger charge is 2.25. The van der Waals surface area contributed by atoms with Gasteiger partial charge in [0.05, 0.1) is 12.1 Å². The molecule has 2 N–H and O–H groups in total.